The number of rotatable bonds is 3. The minimum atomic E-state index is -0.793. The fraction of sp³-hybridized carbons (Fsp3) is 0.778. The number of carboxylic acids is 1. The van der Waals surface area contributed by atoms with Crippen LogP contribution in [0.2, 0.25) is 0 Å². The van der Waals surface area contributed by atoms with E-state index < -0.39 is 11.9 Å². The molecule has 0 aliphatic carbocycles. The van der Waals surface area contributed by atoms with Gasteiger partial charge in [0.15, 0.2) is 0 Å². The summed E-state index contributed by atoms with van der Waals surface area (Å²) in [4.78, 5) is 23.4. The van der Waals surface area contributed by atoms with Crippen LogP contribution in [0.25, 0.3) is 0 Å². The van der Waals surface area contributed by atoms with E-state index >= 15 is 0 Å². The lowest BCUT2D eigenvalue weighted by Crippen LogP contribution is -2.55. The smallest absolute Gasteiger partial charge is 0.308 e. The van der Waals surface area contributed by atoms with Gasteiger partial charge in [0.25, 0.3) is 0 Å². The van der Waals surface area contributed by atoms with Crippen LogP contribution >= 0.6 is 0 Å². The van der Waals surface area contributed by atoms with Gasteiger partial charge in [-0.15, -0.1) is 0 Å². The number of carboxylic acid groups (broad SMARTS) is 1. The summed E-state index contributed by atoms with van der Waals surface area (Å²) in [7, 11) is 0. The lowest BCUT2D eigenvalue weighted by atomic mass is 9.87. The van der Waals surface area contributed by atoms with Crippen LogP contribution in [-0.2, 0) is 9.59 Å². The van der Waals surface area contributed by atoms with Crippen molar-refractivity contribution in [2.75, 3.05) is 6.54 Å². The summed E-state index contributed by atoms with van der Waals surface area (Å²) >= 11 is 0. The predicted molar refractivity (Wildman–Crippen MR) is 47.2 cm³/mol. The molecule has 0 aromatic carbocycles. The fourth-order valence-electron chi connectivity index (χ4n) is 1.83. The van der Waals surface area contributed by atoms with E-state index in [9.17, 15) is 9.59 Å². The highest BCUT2D eigenvalue weighted by Gasteiger charge is 2.38. The first-order valence-corrected chi connectivity index (χ1v) is 4.58. The molecular formula is C9H15NO3. The Hall–Kier alpha value is -1.06. The van der Waals surface area contributed by atoms with Gasteiger partial charge in [0.2, 0.25) is 5.91 Å². The molecule has 1 aliphatic heterocycles. The SMILES string of the molecule is CCC(C(=O)O)C1CCN1C(C)=O. The zero-order chi connectivity index (χ0) is 10.0. The predicted octanol–water partition coefficient (Wildman–Crippen LogP) is 0.718. The zero-order valence-corrected chi connectivity index (χ0v) is 7.99. The van der Waals surface area contributed by atoms with Gasteiger partial charge in [-0.05, 0) is 12.8 Å². The molecule has 0 spiro atoms. The molecule has 0 aromatic heterocycles. The minimum absolute atomic E-state index is 0.0176. The second kappa shape index (κ2) is 3.77. The maximum Gasteiger partial charge on any atom is 0.308 e. The van der Waals surface area contributed by atoms with E-state index in [1.165, 1.54) is 6.92 Å². The van der Waals surface area contributed by atoms with Gasteiger partial charge < -0.3 is 10.0 Å². The number of hydrogen-bond donors (Lipinski definition) is 1. The Morgan fingerprint density at radius 2 is 2.23 bits per heavy atom. The van der Waals surface area contributed by atoms with Crippen molar-refractivity contribution in [2.45, 2.75) is 32.7 Å². The van der Waals surface area contributed by atoms with E-state index in [1.54, 1.807) is 4.90 Å². The van der Waals surface area contributed by atoms with E-state index in [4.69, 9.17) is 5.11 Å². The molecule has 2 atom stereocenters. The largest absolute Gasteiger partial charge is 0.481 e. The summed E-state index contributed by atoms with van der Waals surface area (Å²) in [5.41, 5.74) is 0. The third kappa shape index (κ3) is 1.82. The molecule has 4 nitrogen and oxygen atoms in total. The highest BCUT2D eigenvalue weighted by atomic mass is 16.4. The monoisotopic (exact) mass is 185 g/mol. The van der Waals surface area contributed by atoms with Gasteiger partial charge in [-0.1, -0.05) is 6.92 Å². The molecule has 13 heavy (non-hydrogen) atoms. The van der Waals surface area contributed by atoms with Gasteiger partial charge >= 0.3 is 5.97 Å². The number of nitrogens with zero attached hydrogens (tertiary/aromatic N) is 1. The summed E-state index contributed by atoms with van der Waals surface area (Å²) in [6.07, 6.45) is 1.41. The summed E-state index contributed by atoms with van der Waals surface area (Å²) < 4.78 is 0. The van der Waals surface area contributed by atoms with Crippen LogP contribution in [0.4, 0.5) is 0 Å². The Kier molecular flexibility index (Phi) is 2.90. The van der Waals surface area contributed by atoms with Crippen molar-refractivity contribution in [3.63, 3.8) is 0 Å². The van der Waals surface area contributed by atoms with Crippen molar-refractivity contribution in [1.29, 1.82) is 0 Å². The van der Waals surface area contributed by atoms with E-state index in [0.29, 0.717) is 13.0 Å². The molecule has 1 amide bonds. The maximum absolute atomic E-state index is 11.0. The number of aliphatic carboxylic acids is 1. The first-order chi connectivity index (χ1) is 6.07. The minimum Gasteiger partial charge on any atom is -0.481 e. The van der Waals surface area contributed by atoms with Crippen LogP contribution in [-0.4, -0.2) is 34.5 Å². The van der Waals surface area contributed by atoms with E-state index in [-0.39, 0.29) is 11.9 Å². The summed E-state index contributed by atoms with van der Waals surface area (Å²) in [5.74, 6) is -1.20. The Morgan fingerprint density at radius 3 is 2.46 bits per heavy atom. The summed E-state index contributed by atoms with van der Waals surface area (Å²) in [6.45, 7) is 4.04. The lowest BCUT2D eigenvalue weighted by Gasteiger charge is -2.43. The number of carbonyl (C=O) groups is 2. The van der Waals surface area contributed by atoms with Gasteiger partial charge in [0, 0.05) is 19.5 Å². The average Bonchev–Trinajstić information content (AvgIpc) is 1.95. The second-order valence-corrected chi connectivity index (χ2v) is 3.42. The van der Waals surface area contributed by atoms with Gasteiger partial charge in [0.05, 0.1) is 5.92 Å². The van der Waals surface area contributed by atoms with Crippen molar-refractivity contribution in [1.82, 2.24) is 4.90 Å². The molecule has 0 aromatic rings. The Morgan fingerprint density at radius 1 is 1.62 bits per heavy atom. The first kappa shape index (κ1) is 10.0. The number of hydrogen-bond acceptors (Lipinski definition) is 2. The molecule has 1 rings (SSSR count). The molecule has 1 aliphatic rings. The molecule has 1 heterocycles. The lowest BCUT2D eigenvalue weighted by molar-refractivity contribution is -0.151. The quantitative estimate of drug-likeness (QED) is 0.704. The van der Waals surface area contributed by atoms with E-state index in [1.807, 2.05) is 6.92 Å². The van der Waals surface area contributed by atoms with Crippen molar-refractivity contribution in [3.05, 3.63) is 0 Å². The van der Waals surface area contributed by atoms with Crippen LogP contribution < -0.4 is 0 Å². The topological polar surface area (TPSA) is 57.6 Å². The standard InChI is InChI=1S/C9H15NO3/c1-3-7(9(12)13)8-4-5-10(8)6(2)11/h7-8H,3-5H2,1-2H3,(H,12,13). The van der Waals surface area contributed by atoms with Gasteiger partial charge in [-0.2, -0.15) is 0 Å². The van der Waals surface area contributed by atoms with Crippen molar-refractivity contribution in [3.8, 4) is 0 Å². The third-order valence-electron chi connectivity index (χ3n) is 2.69. The Balaban J connectivity index is 2.60. The van der Waals surface area contributed by atoms with E-state index in [2.05, 4.69) is 0 Å². The number of amides is 1. The molecule has 1 fully saturated rings. The zero-order valence-electron chi connectivity index (χ0n) is 7.99. The van der Waals surface area contributed by atoms with Crippen LogP contribution in [0.5, 0.6) is 0 Å². The molecule has 0 radical (unpaired) electrons. The highest BCUT2D eigenvalue weighted by molar-refractivity contribution is 5.77. The maximum atomic E-state index is 11.0. The van der Waals surface area contributed by atoms with Crippen molar-refractivity contribution >= 4 is 11.9 Å². The summed E-state index contributed by atoms with van der Waals surface area (Å²) in [6, 6.07) is -0.0694. The number of carbonyl (C=O) groups excluding carboxylic acids is 1. The third-order valence-corrected chi connectivity index (χ3v) is 2.69. The van der Waals surface area contributed by atoms with Gasteiger partial charge in [-0.3, -0.25) is 9.59 Å². The average molecular weight is 185 g/mol. The van der Waals surface area contributed by atoms with Gasteiger partial charge in [-0.25, -0.2) is 0 Å². The molecule has 1 N–H and O–H groups in total. The molecule has 1 saturated heterocycles. The van der Waals surface area contributed by atoms with Crippen LogP contribution in [0, 0.1) is 5.92 Å². The number of likely N-dealkylation sites (tertiary alicyclic amines) is 1. The molecule has 2 unspecified atom stereocenters. The van der Waals surface area contributed by atoms with Crippen LogP contribution in [0.3, 0.4) is 0 Å². The molecular weight excluding hydrogens is 170 g/mol. The fourth-order valence-corrected chi connectivity index (χ4v) is 1.83. The molecule has 4 heteroatoms. The Labute approximate surface area is 77.5 Å². The van der Waals surface area contributed by atoms with Crippen molar-refractivity contribution in [2.24, 2.45) is 5.92 Å². The Bertz CT molecular complexity index is 227. The normalized spacial score (nSPS) is 23.5. The van der Waals surface area contributed by atoms with Crippen molar-refractivity contribution < 1.29 is 14.7 Å². The molecule has 0 saturated carbocycles. The molecule has 0 bridgehead atoms. The van der Waals surface area contributed by atoms with Crippen LogP contribution in [0.15, 0.2) is 0 Å². The first-order valence-electron chi connectivity index (χ1n) is 4.58. The highest BCUT2D eigenvalue weighted by Crippen LogP contribution is 2.27. The van der Waals surface area contributed by atoms with Gasteiger partial charge in [0.1, 0.15) is 0 Å². The van der Waals surface area contributed by atoms with Crippen LogP contribution in [0.1, 0.15) is 26.7 Å². The van der Waals surface area contributed by atoms with E-state index in [0.717, 1.165) is 6.42 Å². The molecule has 74 valence electrons. The summed E-state index contributed by atoms with van der Waals surface area (Å²) in [5, 5.41) is 8.87. The second-order valence-electron chi connectivity index (χ2n) is 3.42.